The molecule has 1 heterocycles. The molecule has 0 spiro atoms. The van der Waals surface area contributed by atoms with Gasteiger partial charge >= 0.3 is 5.97 Å². The van der Waals surface area contributed by atoms with E-state index in [0.29, 0.717) is 13.2 Å². The van der Waals surface area contributed by atoms with Gasteiger partial charge in [-0.1, -0.05) is 0 Å². The van der Waals surface area contributed by atoms with Crippen molar-refractivity contribution in [2.45, 2.75) is 38.3 Å². The Morgan fingerprint density at radius 3 is 3.12 bits per heavy atom. The zero-order valence-electron chi connectivity index (χ0n) is 10.1. The lowest BCUT2D eigenvalue weighted by atomic mass is 10.1. The van der Waals surface area contributed by atoms with Crippen LogP contribution >= 0.6 is 0 Å². The molecule has 0 bridgehead atoms. The Morgan fingerprint density at radius 2 is 2.47 bits per heavy atom. The van der Waals surface area contributed by atoms with Crippen molar-refractivity contribution < 1.29 is 19.4 Å². The second-order valence-electron chi connectivity index (χ2n) is 4.06. The lowest BCUT2D eigenvalue weighted by Crippen LogP contribution is -2.50. The van der Waals surface area contributed by atoms with Gasteiger partial charge in [0, 0.05) is 13.1 Å². The topological polar surface area (TPSA) is 87.7 Å². The zero-order valence-corrected chi connectivity index (χ0v) is 10.1. The van der Waals surface area contributed by atoms with Crippen LogP contribution in [0.15, 0.2) is 0 Å². The van der Waals surface area contributed by atoms with Crippen LogP contribution in [0.4, 0.5) is 0 Å². The first-order chi connectivity index (χ1) is 8.13. The molecule has 1 fully saturated rings. The highest BCUT2D eigenvalue weighted by molar-refractivity contribution is 5.82. The Labute approximate surface area is 101 Å². The smallest absolute Gasteiger partial charge is 0.308 e. The summed E-state index contributed by atoms with van der Waals surface area (Å²) in [4.78, 5) is 22.5. The second-order valence-corrected chi connectivity index (χ2v) is 4.06. The number of amides is 1. The first-order valence-corrected chi connectivity index (χ1v) is 5.98. The molecule has 0 aromatic heterocycles. The van der Waals surface area contributed by atoms with Crippen LogP contribution in [0.3, 0.4) is 0 Å². The van der Waals surface area contributed by atoms with E-state index in [1.54, 1.807) is 6.92 Å². The van der Waals surface area contributed by atoms with Crippen LogP contribution in [0.2, 0.25) is 0 Å². The van der Waals surface area contributed by atoms with Crippen molar-refractivity contribution in [3.05, 3.63) is 0 Å². The molecule has 17 heavy (non-hydrogen) atoms. The zero-order chi connectivity index (χ0) is 12.7. The Kier molecular flexibility index (Phi) is 5.93. The van der Waals surface area contributed by atoms with E-state index < -0.39 is 12.1 Å². The number of carbonyl (C=O) groups is 2. The number of nitrogens with one attached hydrogen (secondary N) is 2. The molecule has 6 heteroatoms. The predicted octanol–water partition coefficient (Wildman–Crippen LogP) is -0.831. The van der Waals surface area contributed by atoms with Gasteiger partial charge in [0.25, 0.3) is 0 Å². The van der Waals surface area contributed by atoms with Gasteiger partial charge in [-0.3, -0.25) is 9.59 Å². The maximum absolute atomic E-state index is 11.4. The van der Waals surface area contributed by atoms with E-state index in [1.807, 2.05) is 0 Å². The van der Waals surface area contributed by atoms with Crippen LogP contribution in [0.25, 0.3) is 0 Å². The summed E-state index contributed by atoms with van der Waals surface area (Å²) in [5, 5.41) is 15.3. The molecule has 1 aliphatic rings. The maximum atomic E-state index is 11.4. The average molecular weight is 244 g/mol. The molecule has 1 rings (SSSR count). The Hall–Kier alpha value is -1.14. The summed E-state index contributed by atoms with van der Waals surface area (Å²) in [6, 6.07) is -0.263. The number of esters is 1. The summed E-state index contributed by atoms with van der Waals surface area (Å²) in [5.74, 6) is -0.463. The van der Waals surface area contributed by atoms with E-state index in [-0.39, 0.29) is 24.9 Å². The van der Waals surface area contributed by atoms with Crippen LogP contribution in [0.1, 0.15) is 26.2 Å². The van der Waals surface area contributed by atoms with E-state index in [1.165, 1.54) is 0 Å². The first kappa shape index (κ1) is 13.9. The number of carbonyl (C=O) groups excluding carboxylic acids is 2. The number of hydrogen-bond donors (Lipinski definition) is 3. The van der Waals surface area contributed by atoms with E-state index >= 15 is 0 Å². The molecule has 0 radical (unpaired) electrons. The molecular formula is C11H20N2O4. The number of ether oxygens (including phenoxy) is 1. The normalized spacial score (nSPS) is 21.8. The molecule has 2 unspecified atom stereocenters. The third-order valence-corrected chi connectivity index (χ3v) is 2.59. The van der Waals surface area contributed by atoms with Crippen molar-refractivity contribution in [3.8, 4) is 0 Å². The van der Waals surface area contributed by atoms with Gasteiger partial charge in [0.2, 0.25) is 5.91 Å². The van der Waals surface area contributed by atoms with Crippen LogP contribution < -0.4 is 10.6 Å². The van der Waals surface area contributed by atoms with E-state index in [4.69, 9.17) is 4.74 Å². The summed E-state index contributed by atoms with van der Waals surface area (Å²) in [6.45, 7) is 2.96. The minimum atomic E-state index is -0.816. The van der Waals surface area contributed by atoms with Crippen molar-refractivity contribution >= 4 is 11.9 Å². The number of aliphatic hydroxyl groups excluding tert-OH is 1. The Balaban J connectivity index is 2.20. The van der Waals surface area contributed by atoms with Crippen molar-refractivity contribution in [1.82, 2.24) is 10.6 Å². The molecule has 98 valence electrons. The van der Waals surface area contributed by atoms with Crippen molar-refractivity contribution in [2.75, 3.05) is 19.7 Å². The molecular weight excluding hydrogens is 224 g/mol. The molecule has 3 N–H and O–H groups in total. The minimum absolute atomic E-state index is 0.0421. The maximum Gasteiger partial charge on any atom is 0.308 e. The summed E-state index contributed by atoms with van der Waals surface area (Å²) in [6.07, 6.45) is 0.827. The number of piperidine rings is 1. The molecule has 1 saturated heterocycles. The number of rotatable bonds is 6. The molecule has 1 aliphatic heterocycles. The van der Waals surface area contributed by atoms with Gasteiger partial charge in [-0.05, 0) is 19.8 Å². The van der Waals surface area contributed by atoms with Crippen LogP contribution in [-0.4, -0.2) is 48.8 Å². The highest BCUT2D eigenvalue weighted by atomic mass is 16.5. The largest absolute Gasteiger partial charge is 0.466 e. The Bertz CT molecular complexity index is 270. The third-order valence-electron chi connectivity index (χ3n) is 2.59. The molecule has 0 aliphatic carbocycles. The lowest BCUT2D eigenvalue weighted by molar-refractivity contribution is -0.145. The monoisotopic (exact) mass is 244 g/mol. The quantitative estimate of drug-likeness (QED) is 0.531. The summed E-state index contributed by atoms with van der Waals surface area (Å²) < 4.78 is 4.72. The fourth-order valence-corrected chi connectivity index (χ4v) is 1.73. The van der Waals surface area contributed by atoms with E-state index in [2.05, 4.69) is 10.6 Å². The van der Waals surface area contributed by atoms with Gasteiger partial charge in [0.05, 0.1) is 25.2 Å². The van der Waals surface area contributed by atoms with Gasteiger partial charge in [0.1, 0.15) is 0 Å². The summed E-state index contributed by atoms with van der Waals surface area (Å²) in [5.41, 5.74) is 0. The van der Waals surface area contributed by atoms with Gasteiger partial charge in [0.15, 0.2) is 0 Å². The van der Waals surface area contributed by atoms with Crippen LogP contribution in [0.5, 0.6) is 0 Å². The predicted molar refractivity (Wildman–Crippen MR) is 61.3 cm³/mol. The van der Waals surface area contributed by atoms with Crippen molar-refractivity contribution in [1.29, 1.82) is 0 Å². The summed E-state index contributed by atoms with van der Waals surface area (Å²) >= 11 is 0. The summed E-state index contributed by atoms with van der Waals surface area (Å²) in [7, 11) is 0. The molecule has 0 aromatic rings. The minimum Gasteiger partial charge on any atom is -0.466 e. The first-order valence-electron chi connectivity index (χ1n) is 5.98. The second kappa shape index (κ2) is 7.24. The average Bonchev–Trinajstić information content (AvgIpc) is 2.28. The van der Waals surface area contributed by atoms with E-state index in [0.717, 1.165) is 12.8 Å². The van der Waals surface area contributed by atoms with Gasteiger partial charge in [-0.2, -0.15) is 0 Å². The van der Waals surface area contributed by atoms with Crippen molar-refractivity contribution in [2.24, 2.45) is 0 Å². The fourth-order valence-electron chi connectivity index (χ4n) is 1.73. The van der Waals surface area contributed by atoms with Gasteiger partial charge < -0.3 is 20.5 Å². The van der Waals surface area contributed by atoms with Crippen LogP contribution in [0, 0.1) is 0 Å². The lowest BCUT2D eigenvalue weighted by Gasteiger charge is -2.23. The number of hydrogen-bond acceptors (Lipinski definition) is 5. The third kappa shape index (κ3) is 5.14. The number of aliphatic hydroxyl groups is 1. The molecule has 0 aromatic carbocycles. The highest BCUT2D eigenvalue weighted by Gasteiger charge is 2.22. The highest BCUT2D eigenvalue weighted by Crippen LogP contribution is 2.03. The molecule has 2 atom stereocenters. The van der Waals surface area contributed by atoms with Crippen LogP contribution in [-0.2, 0) is 14.3 Å². The molecule has 1 amide bonds. The van der Waals surface area contributed by atoms with E-state index in [9.17, 15) is 14.7 Å². The SMILES string of the molecule is CCOC(=O)CC(O)CNC1CCCNC1=O. The Morgan fingerprint density at radius 1 is 1.71 bits per heavy atom. The molecule has 6 nitrogen and oxygen atoms in total. The molecule has 0 saturated carbocycles. The van der Waals surface area contributed by atoms with Crippen molar-refractivity contribution in [3.63, 3.8) is 0 Å². The van der Waals surface area contributed by atoms with Gasteiger partial charge in [-0.15, -0.1) is 0 Å². The van der Waals surface area contributed by atoms with Gasteiger partial charge in [-0.25, -0.2) is 0 Å². The standard InChI is InChI=1S/C11H20N2O4/c1-2-17-10(15)6-8(14)7-13-9-4-3-5-12-11(9)16/h8-9,13-14H,2-7H2,1H3,(H,12,16). The fraction of sp³-hybridized carbons (Fsp3) is 0.818.